The molecule has 7 heteroatoms. The summed E-state index contributed by atoms with van der Waals surface area (Å²) in [7, 11) is 1.62. The summed E-state index contributed by atoms with van der Waals surface area (Å²) in [4.78, 5) is 26.7. The van der Waals surface area contributed by atoms with Crippen molar-refractivity contribution in [3.8, 4) is 11.4 Å². The maximum absolute atomic E-state index is 11.9. The topological polar surface area (TPSA) is 79.8 Å². The van der Waals surface area contributed by atoms with Gasteiger partial charge in [0.2, 0.25) is 5.95 Å². The molecule has 132 valence electrons. The average molecular weight is 365 g/mol. The summed E-state index contributed by atoms with van der Waals surface area (Å²) in [6.45, 7) is 4.13. The van der Waals surface area contributed by atoms with Crippen LogP contribution in [0.1, 0.15) is 31.4 Å². The van der Waals surface area contributed by atoms with Crippen molar-refractivity contribution < 1.29 is 4.79 Å². The van der Waals surface area contributed by atoms with Crippen molar-refractivity contribution in [1.29, 1.82) is 0 Å². The molecule has 3 aromatic rings. The van der Waals surface area contributed by atoms with Crippen LogP contribution in [0.4, 0.5) is 11.6 Å². The summed E-state index contributed by atoms with van der Waals surface area (Å²) < 4.78 is 0. The molecule has 26 heavy (non-hydrogen) atoms. The first-order chi connectivity index (χ1) is 12.5. The predicted molar refractivity (Wildman–Crippen MR) is 103 cm³/mol. The minimum Gasteiger partial charge on any atom is -0.353 e. The molecular formula is C19H19N5OS. The Morgan fingerprint density at radius 1 is 1.08 bits per heavy atom. The molecule has 2 N–H and O–H groups in total. The van der Waals surface area contributed by atoms with E-state index in [9.17, 15) is 4.79 Å². The van der Waals surface area contributed by atoms with E-state index in [1.54, 1.807) is 7.05 Å². The van der Waals surface area contributed by atoms with E-state index in [2.05, 4.69) is 52.6 Å². The van der Waals surface area contributed by atoms with Gasteiger partial charge in [-0.15, -0.1) is 11.3 Å². The number of carbonyl (C=O) groups excluding carboxylic acids is 1. The summed E-state index contributed by atoms with van der Waals surface area (Å²) in [5.41, 5.74) is 6.02. The van der Waals surface area contributed by atoms with E-state index < -0.39 is 0 Å². The molecule has 0 atom stereocenters. The minimum absolute atomic E-state index is 0.159. The van der Waals surface area contributed by atoms with Crippen molar-refractivity contribution in [3.05, 3.63) is 51.0 Å². The summed E-state index contributed by atoms with van der Waals surface area (Å²) in [6, 6.07) is 6.25. The zero-order valence-electron chi connectivity index (χ0n) is 14.9. The first-order valence-electron chi connectivity index (χ1n) is 8.47. The van der Waals surface area contributed by atoms with Gasteiger partial charge < -0.3 is 10.6 Å². The Labute approximate surface area is 155 Å². The third kappa shape index (κ3) is 3.06. The summed E-state index contributed by atoms with van der Waals surface area (Å²) in [5, 5.41) is 6.39. The van der Waals surface area contributed by atoms with E-state index in [1.807, 2.05) is 6.20 Å². The van der Waals surface area contributed by atoms with Crippen molar-refractivity contribution >= 4 is 28.9 Å². The smallest absolute Gasteiger partial charge is 0.280 e. The number of amides is 1. The molecule has 0 unspecified atom stereocenters. The Morgan fingerprint density at radius 2 is 1.85 bits per heavy atom. The normalized spacial score (nSPS) is 12.3. The van der Waals surface area contributed by atoms with Crippen molar-refractivity contribution in [2.75, 3.05) is 12.4 Å². The fourth-order valence-electron chi connectivity index (χ4n) is 3.19. The van der Waals surface area contributed by atoms with Gasteiger partial charge in [-0.25, -0.2) is 15.0 Å². The van der Waals surface area contributed by atoms with Gasteiger partial charge in [-0.2, -0.15) is 0 Å². The van der Waals surface area contributed by atoms with E-state index in [0.717, 1.165) is 40.4 Å². The first-order valence-corrected chi connectivity index (χ1v) is 9.28. The number of carbonyl (C=O) groups is 1. The second-order valence-electron chi connectivity index (χ2n) is 6.44. The number of anilines is 2. The number of rotatable bonds is 3. The number of aryl methyl sites for hydroxylation is 4. The monoisotopic (exact) mass is 365 g/mol. The van der Waals surface area contributed by atoms with Crippen LogP contribution < -0.4 is 10.6 Å². The molecule has 2 aromatic heterocycles. The number of nitrogens with zero attached hydrogens (tertiary/aromatic N) is 3. The molecule has 1 aliphatic rings. The molecule has 1 aromatic carbocycles. The van der Waals surface area contributed by atoms with Crippen LogP contribution >= 0.6 is 11.3 Å². The van der Waals surface area contributed by atoms with Gasteiger partial charge in [0, 0.05) is 23.8 Å². The number of aromatic nitrogens is 3. The third-order valence-electron chi connectivity index (χ3n) is 4.31. The average Bonchev–Trinajstić information content (AvgIpc) is 3.05. The number of hydrogen-bond acceptors (Lipinski definition) is 6. The van der Waals surface area contributed by atoms with Crippen LogP contribution in [0.2, 0.25) is 0 Å². The van der Waals surface area contributed by atoms with Gasteiger partial charge in [0.15, 0.2) is 5.01 Å². The zero-order chi connectivity index (χ0) is 18.3. The molecule has 0 aliphatic heterocycles. The lowest BCUT2D eigenvalue weighted by Gasteiger charge is -2.15. The van der Waals surface area contributed by atoms with Crippen molar-refractivity contribution in [2.45, 2.75) is 26.7 Å². The molecule has 6 nitrogen and oxygen atoms in total. The summed E-state index contributed by atoms with van der Waals surface area (Å²) in [5.74, 6) is 0.379. The Balaban J connectivity index is 1.71. The molecule has 1 amide bonds. The van der Waals surface area contributed by atoms with E-state index >= 15 is 0 Å². The molecule has 1 aliphatic carbocycles. The van der Waals surface area contributed by atoms with Crippen LogP contribution in [-0.4, -0.2) is 27.9 Å². The lowest BCUT2D eigenvalue weighted by Crippen LogP contribution is -2.17. The Kier molecular flexibility index (Phi) is 4.16. The zero-order valence-corrected chi connectivity index (χ0v) is 15.7. The third-order valence-corrected chi connectivity index (χ3v) is 5.42. The van der Waals surface area contributed by atoms with Gasteiger partial charge in [-0.05, 0) is 55.5 Å². The highest BCUT2D eigenvalue weighted by Gasteiger charge is 2.25. The number of nitrogens with one attached hydrogen (secondary N) is 2. The maximum Gasteiger partial charge on any atom is 0.280 e. The molecule has 0 fully saturated rings. The highest BCUT2D eigenvalue weighted by molar-refractivity contribution is 7.14. The van der Waals surface area contributed by atoms with Gasteiger partial charge in [-0.3, -0.25) is 4.79 Å². The van der Waals surface area contributed by atoms with Gasteiger partial charge in [0.05, 0.1) is 5.69 Å². The molecule has 0 saturated heterocycles. The molecule has 0 spiro atoms. The van der Waals surface area contributed by atoms with E-state index in [4.69, 9.17) is 4.98 Å². The fourth-order valence-corrected chi connectivity index (χ4v) is 4.20. The molecule has 0 radical (unpaired) electrons. The van der Waals surface area contributed by atoms with Crippen molar-refractivity contribution in [2.24, 2.45) is 0 Å². The van der Waals surface area contributed by atoms with Crippen LogP contribution in [-0.2, 0) is 12.8 Å². The van der Waals surface area contributed by atoms with Crippen LogP contribution in [0.3, 0.4) is 0 Å². The first kappa shape index (κ1) is 16.7. The predicted octanol–water partition coefficient (Wildman–Crippen LogP) is 3.42. The molecule has 2 heterocycles. The van der Waals surface area contributed by atoms with E-state index in [1.165, 1.54) is 22.5 Å². The van der Waals surface area contributed by atoms with Crippen molar-refractivity contribution in [3.63, 3.8) is 0 Å². The highest BCUT2D eigenvalue weighted by atomic mass is 32.1. The van der Waals surface area contributed by atoms with Crippen LogP contribution in [0.25, 0.3) is 11.4 Å². The lowest BCUT2D eigenvalue weighted by atomic mass is 10.00. The fraction of sp³-hybridized carbons (Fsp3) is 0.263. The Morgan fingerprint density at radius 3 is 2.58 bits per heavy atom. The summed E-state index contributed by atoms with van der Waals surface area (Å²) in [6.07, 6.45) is 3.58. The van der Waals surface area contributed by atoms with E-state index in [0.29, 0.717) is 11.0 Å². The lowest BCUT2D eigenvalue weighted by molar-refractivity contribution is 0.0963. The van der Waals surface area contributed by atoms with Gasteiger partial charge in [0.25, 0.3) is 5.91 Å². The second-order valence-corrected chi connectivity index (χ2v) is 7.52. The number of fused-ring (bicyclic) bond motifs is 3. The largest absolute Gasteiger partial charge is 0.353 e. The summed E-state index contributed by atoms with van der Waals surface area (Å²) >= 11 is 1.44. The molecule has 4 rings (SSSR count). The van der Waals surface area contributed by atoms with Gasteiger partial charge >= 0.3 is 0 Å². The highest BCUT2D eigenvalue weighted by Crippen LogP contribution is 2.35. The second kappa shape index (κ2) is 6.49. The Hall–Kier alpha value is -2.80. The molecule has 0 bridgehead atoms. The van der Waals surface area contributed by atoms with Gasteiger partial charge in [0.1, 0.15) is 5.69 Å². The standard InChI is InChI=1S/C19H19N5OS/c1-10-6-11(2)8-13(7-10)22-19-21-9-12-4-5-14-16(15(12)24-19)23-18(26-14)17(25)20-3/h6-9H,4-5H2,1-3H3,(H,20,25)(H,21,22,24). The number of hydrogen-bond donors (Lipinski definition) is 2. The van der Waals surface area contributed by atoms with Crippen molar-refractivity contribution in [1.82, 2.24) is 20.3 Å². The molecule has 0 saturated carbocycles. The number of thiazole rings is 1. The minimum atomic E-state index is -0.159. The van der Waals surface area contributed by atoms with Gasteiger partial charge in [-0.1, -0.05) is 6.07 Å². The number of benzene rings is 1. The van der Waals surface area contributed by atoms with Crippen LogP contribution in [0.15, 0.2) is 24.4 Å². The SMILES string of the molecule is CNC(=O)c1nc2c(s1)CCc1cnc(Nc3cc(C)cc(C)c3)nc1-2. The molecular weight excluding hydrogens is 346 g/mol. The van der Waals surface area contributed by atoms with E-state index in [-0.39, 0.29) is 5.91 Å². The Bertz CT molecular complexity index is 991. The van der Waals surface area contributed by atoms with Crippen LogP contribution in [0.5, 0.6) is 0 Å². The maximum atomic E-state index is 11.9. The van der Waals surface area contributed by atoms with Crippen LogP contribution in [0, 0.1) is 13.8 Å². The quantitative estimate of drug-likeness (QED) is 0.743.